The average molecular weight is 456 g/mol. The largest absolute Gasteiger partial charge is 0.497 e. The number of aromatic nitrogens is 3. The molecule has 172 valence electrons. The van der Waals surface area contributed by atoms with Crippen LogP contribution < -0.4 is 19.7 Å². The first-order chi connectivity index (χ1) is 16.5. The van der Waals surface area contributed by atoms with Gasteiger partial charge in [-0.15, -0.1) is 5.10 Å². The number of aryl methyl sites for hydroxylation is 2. The Kier molecular flexibility index (Phi) is 5.63. The van der Waals surface area contributed by atoms with Crippen molar-refractivity contribution in [1.29, 1.82) is 0 Å². The highest BCUT2D eigenvalue weighted by Crippen LogP contribution is 2.38. The summed E-state index contributed by atoms with van der Waals surface area (Å²) in [5.74, 6) is 2.64. The van der Waals surface area contributed by atoms with Crippen molar-refractivity contribution in [1.82, 2.24) is 14.8 Å². The number of benzene rings is 2. The van der Waals surface area contributed by atoms with E-state index in [0.29, 0.717) is 11.6 Å². The van der Waals surface area contributed by atoms with Gasteiger partial charge in [0.05, 0.1) is 12.8 Å². The number of anilines is 3. The number of amides is 1. The van der Waals surface area contributed by atoms with Gasteiger partial charge in [-0.3, -0.25) is 5.32 Å². The van der Waals surface area contributed by atoms with Gasteiger partial charge in [-0.25, -0.2) is 14.5 Å². The number of ether oxygens (including phenoxy) is 2. The number of nitrogens with zero attached hydrogens (tertiary/aromatic N) is 4. The van der Waals surface area contributed by atoms with Gasteiger partial charge in [-0.1, -0.05) is 18.2 Å². The predicted molar refractivity (Wildman–Crippen MR) is 131 cm³/mol. The molecule has 3 heterocycles. The van der Waals surface area contributed by atoms with Gasteiger partial charge < -0.3 is 14.4 Å². The van der Waals surface area contributed by atoms with E-state index in [0.717, 1.165) is 52.7 Å². The zero-order chi connectivity index (χ0) is 23.7. The van der Waals surface area contributed by atoms with E-state index in [1.807, 2.05) is 37.4 Å². The minimum Gasteiger partial charge on any atom is -0.497 e. The molecule has 0 radical (unpaired) electrons. The Bertz CT molecular complexity index is 1350. The molecular formula is C26H25N5O3. The van der Waals surface area contributed by atoms with Crippen LogP contribution >= 0.6 is 0 Å². The van der Waals surface area contributed by atoms with Gasteiger partial charge in [-0.05, 0) is 62.2 Å². The Morgan fingerprint density at radius 2 is 1.82 bits per heavy atom. The SMILES string of the molecule is COc1ccc(N2CCc3c(-n4ccc(NC(=O)Oc5ccccc5)n4)cc(C)nc32)c(C)c1. The zero-order valence-corrected chi connectivity index (χ0v) is 19.3. The summed E-state index contributed by atoms with van der Waals surface area (Å²) in [6.45, 7) is 4.87. The quantitative estimate of drug-likeness (QED) is 0.446. The summed E-state index contributed by atoms with van der Waals surface area (Å²) < 4.78 is 12.4. The summed E-state index contributed by atoms with van der Waals surface area (Å²) >= 11 is 0. The highest BCUT2D eigenvalue weighted by Gasteiger charge is 2.27. The Morgan fingerprint density at radius 3 is 2.59 bits per heavy atom. The highest BCUT2D eigenvalue weighted by atomic mass is 16.6. The van der Waals surface area contributed by atoms with Crippen LogP contribution in [0.4, 0.5) is 22.1 Å². The van der Waals surface area contributed by atoms with Gasteiger partial charge >= 0.3 is 6.09 Å². The molecule has 4 aromatic rings. The van der Waals surface area contributed by atoms with Crippen molar-refractivity contribution in [3.8, 4) is 17.2 Å². The number of pyridine rings is 1. The van der Waals surface area contributed by atoms with E-state index in [1.54, 1.807) is 42.1 Å². The average Bonchev–Trinajstić information content (AvgIpc) is 3.46. The zero-order valence-electron chi connectivity index (χ0n) is 19.3. The number of rotatable bonds is 5. The topological polar surface area (TPSA) is 81.5 Å². The first kappa shape index (κ1) is 21.5. The molecule has 0 atom stereocenters. The number of hydrogen-bond donors (Lipinski definition) is 1. The number of hydrogen-bond acceptors (Lipinski definition) is 6. The van der Waals surface area contributed by atoms with Crippen molar-refractivity contribution in [2.75, 3.05) is 23.9 Å². The monoisotopic (exact) mass is 455 g/mol. The molecule has 2 aromatic heterocycles. The molecule has 1 aliphatic rings. The molecule has 0 aliphatic carbocycles. The van der Waals surface area contributed by atoms with E-state index in [1.165, 1.54) is 0 Å². The third kappa shape index (κ3) is 4.17. The van der Waals surface area contributed by atoms with Gasteiger partial charge in [0.25, 0.3) is 0 Å². The minimum absolute atomic E-state index is 0.407. The fourth-order valence-corrected chi connectivity index (χ4v) is 4.21. The van der Waals surface area contributed by atoms with Gasteiger partial charge in [0.1, 0.15) is 17.3 Å². The molecule has 8 nitrogen and oxygen atoms in total. The van der Waals surface area contributed by atoms with E-state index in [2.05, 4.69) is 28.3 Å². The van der Waals surface area contributed by atoms with Crippen molar-refractivity contribution in [2.45, 2.75) is 20.3 Å². The molecule has 0 saturated heterocycles. The number of methoxy groups -OCH3 is 1. The highest BCUT2D eigenvalue weighted by molar-refractivity contribution is 5.85. The summed E-state index contributed by atoms with van der Waals surface area (Å²) in [7, 11) is 1.67. The number of fused-ring (bicyclic) bond motifs is 1. The molecule has 0 fully saturated rings. The van der Waals surface area contributed by atoms with E-state index >= 15 is 0 Å². The fourth-order valence-electron chi connectivity index (χ4n) is 4.21. The van der Waals surface area contributed by atoms with Crippen LogP contribution in [0.1, 0.15) is 16.8 Å². The van der Waals surface area contributed by atoms with E-state index < -0.39 is 6.09 Å². The fraction of sp³-hybridized carbons (Fsp3) is 0.192. The molecule has 2 aromatic carbocycles. The maximum Gasteiger partial charge on any atom is 0.418 e. The van der Waals surface area contributed by atoms with Gasteiger partial charge in [0.2, 0.25) is 0 Å². The maximum atomic E-state index is 12.2. The normalized spacial score (nSPS) is 12.4. The molecule has 8 heteroatoms. The van der Waals surface area contributed by atoms with Gasteiger partial charge in [-0.2, -0.15) is 0 Å². The Labute approximate surface area is 197 Å². The second-order valence-corrected chi connectivity index (χ2v) is 8.11. The number of carbonyl (C=O) groups is 1. The summed E-state index contributed by atoms with van der Waals surface area (Å²) in [5.41, 5.74) is 5.18. The van der Waals surface area contributed by atoms with Crippen molar-refractivity contribution in [3.63, 3.8) is 0 Å². The lowest BCUT2D eigenvalue weighted by atomic mass is 10.1. The van der Waals surface area contributed by atoms with Gasteiger partial charge in [0, 0.05) is 35.8 Å². The van der Waals surface area contributed by atoms with Crippen LogP contribution in [0.2, 0.25) is 0 Å². The molecule has 0 spiro atoms. The molecule has 0 unspecified atom stereocenters. The molecule has 34 heavy (non-hydrogen) atoms. The third-order valence-corrected chi connectivity index (χ3v) is 5.76. The van der Waals surface area contributed by atoms with Crippen LogP contribution in [0.5, 0.6) is 11.5 Å². The molecule has 1 N–H and O–H groups in total. The lowest BCUT2D eigenvalue weighted by molar-refractivity contribution is 0.215. The molecule has 0 saturated carbocycles. The van der Waals surface area contributed by atoms with Crippen LogP contribution in [0.25, 0.3) is 5.69 Å². The number of carbonyl (C=O) groups excluding carboxylic acids is 1. The Hall–Kier alpha value is -4.33. The van der Waals surface area contributed by atoms with Crippen molar-refractivity contribution >= 4 is 23.4 Å². The lowest BCUT2D eigenvalue weighted by Crippen LogP contribution is -2.17. The standard InChI is InChI=1S/C26H25N5O3/c1-17-15-20(33-3)9-10-22(17)30-13-11-21-23(16-18(2)27-25(21)30)31-14-12-24(29-31)28-26(32)34-19-7-5-4-6-8-19/h4-10,12,14-16H,11,13H2,1-3H3,(H,28,29,32). The van der Waals surface area contributed by atoms with Crippen molar-refractivity contribution in [2.24, 2.45) is 0 Å². The Morgan fingerprint density at radius 1 is 1.00 bits per heavy atom. The summed E-state index contributed by atoms with van der Waals surface area (Å²) in [6.07, 6.45) is 2.07. The van der Waals surface area contributed by atoms with E-state index in [-0.39, 0.29) is 0 Å². The first-order valence-corrected chi connectivity index (χ1v) is 11.0. The second kappa shape index (κ2) is 8.90. The number of para-hydroxylation sites is 1. The van der Waals surface area contributed by atoms with E-state index in [4.69, 9.17) is 14.5 Å². The summed E-state index contributed by atoms with van der Waals surface area (Å²) in [4.78, 5) is 19.3. The van der Waals surface area contributed by atoms with Crippen molar-refractivity contribution in [3.05, 3.63) is 83.7 Å². The summed E-state index contributed by atoms with van der Waals surface area (Å²) in [6, 6.07) is 18.7. The van der Waals surface area contributed by atoms with Crippen LogP contribution in [-0.2, 0) is 6.42 Å². The molecule has 5 rings (SSSR count). The van der Waals surface area contributed by atoms with Crippen LogP contribution in [0.3, 0.4) is 0 Å². The van der Waals surface area contributed by atoms with Gasteiger partial charge in [0.15, 0.2) is 5.82 Å². The first-order valence-electron chi connectivity index (χ1n) is 11.0. The minimum atomic E-state index is -0.589. The van der Waals surface area contributed by atoms with Crippen LogP contribution in [-0.4, -0.2) is 34.5 Å². The second-order valence-electron chi connectivity index (χ2n) is 8.11. The third-order valence-electron chi connectivity index (χ3n) is 5.76. The van der Waals surface area contributed by atoms with E-state index in [9.17, 15) is 4.79 Å². The smallest absolute Gasteiger partial charge is 0.418 e. The molecule has 1 aliphatic heterocycles. The molecular weight excluding hydrogens is 430 g/mol. The maximum absolute atomic E-state index is 12.2. The summed E-state index contributed by atoms with van der Waals surface area (Å²) in [5, 5.41) is 7.25. The molecule has 1 amide bonds. The predicted octanol–water partition coefficient (Wildman–Crippen LogP) is 5.20. The Balaban J connectivity index is 1.41. The van der Waals surface area contributed by atoms with Crippen LogP contribution in [0.15, 0.2) is 66.9 Å². The number of nitrogens with one attached hydrogen (secondary N) is 1. The lowest BCUT2D eigenvalue weighted by Gasteiger charge is -2.22. The molecule has 0 bridgehead atoms. The van der Waals surface area contributed by atoms with Crippen molar-refractivity contribution < 1.29 is 14.3 Å². The van der Waals surface area contributed by atoms with Crippen LogP contribution in [0, 0.1) is 13.8 Å².